The highest BCUT2D eigenvalue weighted by molar-refractivity contribution is 5.81. The van der Waals surface area contributed by atoms with Crippen molar-refractivity contribution in [2.24, 2.45) is 5.92 Å². The van der Waals surface area contributed by atoms with Crippen LogP contribution in [0.1, 0.15) is 24.8 Å². The SMILES string of the molecule is c1ccc2c(CN3CCCNC(C4CC4)C3)ccnc2c1. The van der Waals surface area contributed by atoms with Crippen LogP contribution < -0.4 is 5.32 Å². The molecule has 21 heavy (non-hydrogen) atoms. The molecule has 1 aliphatic heterocycles. The monoisotopic (exact) mass is 281 g/mol. The lowest BCUT2D eigenvalue weighted by Gasteiger charge is -2.24. The summed E-state index contributed by atoms with van der Waals surface area (Å²) in [5, 5.41) is 5.05. The Morgan fingerprint density at radius 3 is 3.00 bits per heavy atom. The van der Waals surface area contributed by atoms with Gasteiger partial charge in [-0.15, -0.1) is 0 Å². The van der Waals surface area contributed by atoms with Gasteiger partial charge in [0.25, 0.3) is 0 Å². The van der Waals surface area contributed by atoms with E-state index in [2.05, 4.69) is 45.5 Å². The van der Waals surface area contributed by atoms with Gasteiger partial charge >= 0.3 is 0 Å². The third-order valence-corrected chi connectivity index (χ3v) is 4.84. The van der Waals surface area contributed by atoms with Gasteiger partial charge < -0.3 is 5.32 Å². The van der Waals surface area contributed by atoms with Crippen LogP contribution in [0.15, 0.2) is 36.5 Å². The number of benzene rings is 1. The van der Waals surface area contributed by atoms with E-state index in [1.165, 1.54) is 49.8 Å². The van der Waals surface area contributed by atoms with Gasteiger partial charge in [-0.3, -0.25) is 9.88 Å². The second-order valence-electron chi connectivity index (χ2n) is 6.47. The lowest BCUT2D eigenvalue weighted by Crippen LogP contribution is -2.38. The van der Waals surface area contributed by atoms with E-state index in [0.29, 0.717) is 6.04 Å². The molecule has 1 aromatic carbocycles. The number of hydrogen-bond donors (Lipinski definition) is 1. The summed E-state index contributed by atoms with van der Waals surface area (Å²) in [5.41, 5.74) is 2.53. The Morgan fingerprint density at radius 1 is 1.19 bits per heavy atom. The molecule has 1 aliphatic carbocycles. The van der Waals surface area contributed by atoms with Crippen LogP contribution in [0.2, 0.25) is 0 Å². The topological polar surface area (TPSA) is 28.2 Å². The second kappa shape index (κ2) is 5.74. The molecule has 0 amide bonds. The number of nitrogens with zero attached hydrogens (tertiary/aromatic N) is 2. The van der Waals surface area contributed by atoms with Crippen LogP contribution in [0.4, 0.5) is 0 Å². The molecule has 1 unspecified atom stereocenters. The third-order valence-electron chi connectivity index (χ3n) is 4.84. The van der Waals surface area contributed by atoms with Crippen molar-refractivity contribution >= 4 is 10.9 Å². The summed E-state index contributed by atoms with van der Waals surface area (Å²) in [7, 11) is 0. The maximum absolute atomic E-state index is 4.48. The summed E-state index contributed by atoms with van der Waals surface area (Å²) < 4.78 is 0. The first-order chi connectivity index (χ1) is 10.4. The lowest BCUT2D eigenvalue weighted by molar-refractivity contribution is 0.251. The van der Waals surface area contributed by atoms with Crippen LogP contribution in [0, 0.1) is 5.92 Å². The predicted octanol–water partition coefficient (Wildman–Crippen LogP) is 2.81. The Kier molecular flexibility index (Phi) is 3.62. The van der Waals surface area contributed by atoms with E-state index in [9.17, 15) is 0 Å². The van der Waals surface area contributed by atoms with Crippen molar-refractivity contribution in [3.63, 3.8) is 0 Å². The van der Waals surface area contributed by atoms with Gasteiger partial charge in [0, 0.05) is 30.7 Å². The summed E-state index contributed by atoms with van der Waals surface area (Å²) in [5.74, 6) is 0.930. The van der Waals surface area contributed by atoms with Gasteiger partial charge in [-0.1, -0.05) is 18.2 Å². The summed E-state index contributed by atoms with van der Waals surface area (Å²) in [6.07, 6.45) is 6.05. The first kappa shape index (κ1) is 13.2. The largest absolute Gasteiger partial charge is 0.312 e. The molecule has 2 aliphatic rings. The summed E-state index contributed by atoms with van der Waals surface area (Å²) >= 11 is 0. The molecule has 110 valence electrons. The number of pyridine rings is 1. The van der Waals surface area contributed by atoms with Crippen molar-refractivity contribution in [1.82, 2.24) is 15.2 Å². The quantitative estimate of drug-likeness (QED) is 0.937. The normalized spacial score (nSPS) is 24.1. The van der Waals surface area contributed by atoms with E-state index in [-0.39, 0.29) is 0 Å². The second-order valence-corrected chi connectivity index (χ2v) is 6.47. The van der Waals surface area contributed by atoms with Crippen LogP contribution in [0.3, 0.4) is 0 Å². The molecule has 1 saturated carbocycles. The van der Waals surface area contributed by atoms with Gasteiger partial charge in [0.15, 0.2) is 0 Å². The molecular formula is C18H23N3. The van der Waals surface area contributed by atoms with Gasteiger partial charge in [0.1, 0.15) is 0 Å². The van der Waals surface area contributed by atoms with Gasteiger partial charge in [-0.05, 0) is 56.0 Å². The molecule has 2 fully saturated rings. The highest BCUT2D eigenvalue weighted by Gasteiger charge is 2.33. The maximum atomic E-state index is 4.48. The average molecular weight is 281 g/mol. The van der Waals surface area contributed by atoms with Gasteiger partial charge in [-0.2, -0.15) is 0 Å². The zero-order chi connectivity index (χ0) is 14.1. The first-order valence-corrected chi connectivity index (χ1v) is 8.18. The minimum absolute atomic E-state index is 0.709. The smallest absolute Gasteiger partial charge is 0.0705 e. The van der Waals surface area contributed by atoms with Crippen molar-refractivity contribution in [2.75, 3.05) is 19.6 Å². The van der Waals surface area contributed by atoms with E-state index < -0.39 is 0 Å². The third kappa shape index (κ3) is 2.94. The van der Waals surface area contributed by atoms with Crippen LogP contribution in [0.5, 0.6) is 0 Å². The van der Waals surface area contributed by atoms with E-state index in [1.807, 2.05) is 6.20 Å². The minimum atomic E-state index is 0.709. The van der Waals surface area contributed by atoms with Gasteiger partial charge in [0.05, 0.1) is 5.52 Å². The molecule has 2 heterocycles. The van der Waals surface area contributed by atoms with Crippen molar-refractivity contribution in [3.8, 4) is 0 Å². The Balaban J connectivity index is 1.55. The Bertz CT molecular complexity index is 615. The van der Waals surface area contributed by atoms with Crippen molar-refractivity contribution in [3.05, 3.63) is 42.1 Å². The minimum Gasteiger partial charge on any atom is -0.312 e. The number of rotatable bonds is 3. The molecule has 1 atom stereocenters. The molecule has 3 heteroatoms. The van der Waals surface area contributed by atoms with Crippen molar-refractivity contribution < 1.29 is 0 Å². The van der Waals surface area contributed by atoms with Crippen LogP contribution in [0.25, 0.3) is 10.9 Å². The van der Waals surface area contributed by atoms with Gasteiger partial charge in [-0.25, -0.2) is 0 Å². The number of para-hydroxylation sites is 1. The fourth-order valence-corrected chi connectivity index (χ4v) is 3.52. The molecule has 1 aromatic heterocycles. The first-order valence-electron chi connectivity index (χ1n) is 8.18. The molecule has 4 rings (SSSR count). The molecule has 1 N–H and O–H groups in total. The summed E-state index contributed by atoms with van der Waals surface area (Å²) in [6, 6.07) is 11.4. The molecule has 0 bridgehead atoms. The Morgan fingerprint density at radius 2 is 2.10 bits per heavy atom. The number of hydrogen-bond acceptors (Lipinski definition) is 3. The number of aromatic nitrogens is 1. The van der Waals surface area contributed by atoms with Crippen LogP contribution >= 0.6 is 0 Å². The highest BCUT2D eigenvalue weighted by Crippen LogP contribution is 2.33. The lowest BCUT2D eigenvalue weighted by atomic mass is 10.1. The van der Waals surface area contributed by atoms with E-state index >= 15 is 0 Å². The van der Waals surface area contributed by atoms with Crippen molar-refractivity contribution in [2.45, 2.75) is 31.8 Å². The molecule has 0 radical (unpaired) electrons. The zero-order valence-electron chi connectivity index (χ0n) is 12.5. The Labute approximate surface area is 126 Å². The predicted molar refractivity (Wildman–Crippen MR) is 86.2 cm³/mol. The van der Waals surface area contributed by atoms with Crippen LogP contribution in [-0.4, -0.2) is 35.6 Å². The molecule has 1 saturated heterocycles. The number of nitrogens with one attached hydrogen (secondary N) is 1. The van der Waals surface area contributed by atoms with E-state index in [1.54, 1.807) is 0 Å². The van der Waals surface area contributed by atoms with E-state index in [0.717, 1.165) is 18.0 Å². The molecule has 0 spiro atoms. The fourth-order valence-electron chi connectivity index (χ4n) is 3.52. The highest BCUT2D eigenvalue weighted by atomic mass is 15.2. The summed E-state index contributed by atoms with van der Waals surface area (Å²) in [6.45, 7) is 4.62. The zero-order valence-corrected chi connectivity index (χ0v) is 12.5. The number of fused-ring (bicyclic) bond motifs is 1. The van der Waals surface area contributed by atoms with E-state index in [4.69, 9.17) is 0 Å². The van der Waals surface area contributed by atoms with Crippen LogP contribution in [-0.2, 0) is 6.54 Å². The molecule has 2 aromatic rings. The van der Waals surface area contributed by atoms with Gasteiger partial charge in [0.2, 0.25) is 0 Å². The standard InChI is InChI=1S/C18H23N3/c1-2-5-17-16(4-1)15(8-10-20-17)12-21-11-3-9-19-18(13-21)14-6-7-14/h1-2,4-5,8,10,14,18-19H,3,6-7,9,11-13H2. The summed E-state index contributed by atoms with van der Waals surface area (Å²) in [4.78, 5) is 7.11. The average Bonchev–Trinajstić information content (AvgIpc) is 3.35. The van der Waals surface area contributed by atoms with Crippen molar-refractivity contribution in [1.29, 1.82) is 0 Å². The fraction of sp³-hybridized carbons (Fsp3) is 0.500. The Hall–Kier alpha value is -1.45. The molecule has 3 nitrogen and oxygen atoms in total. The molecular weight excluding hydrogens is 258 g/mol. The maximum Gasteiger partial charge on any atom is 0.0705 e.